The number of hydrogen-bond acceptors (Lipinski definition) is 8. The summed E-state index contributed by atoms with van der Waals surface area (Å²) in [5, 5.41) is 12.4. The number of fused-ring (bicyclic) bond motifs is 6. The molecule has 1 spiro atoms. The Morgan fingerprint density at radius 2 is 1.85 bits per heavy atom. The second kappa shape index (κ2) is 7.41. The molecule has 0 bridgehead atoms. The van der Waals surface area contributed by atoms with Crippen molar-refractivity contribution in [2.75, 3.05) is 0 Å². The molecule has 0 amide bonds. The predicted molar refractivity (Wildman–Crippen MR) is 121 cm³/mol. The first-order chi connectivity index (χ1) is 15.8. The zero-order valence-corrected chi connectivity index (χ0v) is 18.1. The minimum Gasteiger partial charge on any atom is -0.508 e. The van der Waals surface area contributed by atoms with Crippen molar-refractivity contribution in [1.82, 2.24) is 0 Å². The van der Waals surface area contributed by atoms with E-state index in [4.69, 9.17) is 26.4 Å². The topological polar surface area (TPSA) is 94.4 Å². The molecule has 3 aromatic rings. The number of aromatic hydroxyl groups is 1. The van der Waals surface area contributed by atoms with Gasteiger partial charge in [0.15, 0.2) is 5.60 Å². The van der Waals surface area contributed by atoms with Crippen LogP contribution in [0.2, 0.25) is 0 Å². The number of rotatable bonds is 3. The highest BCUT2D eigenvalue weighted by molar-refractivity contribution is 7.78. The molecule has 0 saturated heterocycles. The van der Waals surface area contributed by atoms with Gasteiger partial charge in [-0.3, -0.25) is 0 Å². The average Bonchev–Trinajstić information content (AvgIpc) is 3.07. The maximum absolute atomic E-state index is 13.1. The number of ether oxygens (including phenoxy) is 3. The number of isothiocyanates is 1. The summed E-state index contributed by atoms with van der Waals surface area (Å²) in [5.41, 5.74) is 1.06. The molecule has 1 unspecified atom stereocenters. The molecule has 33 heavy (non-hydrogen) atoms. The van der Waals surface area contributed by atoms with Gasteiger partial charge in [0, 0.05) is 34.4 Å². The molecular weight excluding hydrogens is 442 g/mol. The van der Waals surface area contributed by atoms with E-state index in [1.54, 1.807) is 43.3 Å². The number of thiocarbonyl (C=S) groups is 1. The van der Waals surface area contributed by atoms with Crippen LogP contribution in [0.4, 0.5) is 5.69 Å². The SMILES string of the molecule is C=C(C)C(=O)Oc1ccc2c(c1)Oc1cc(O)ccc1C21OC(=O)c2c(N=C=S)cccc21. The highest BCUT2D eigenvalue weighted by Gasteiger charge is 2.54. The van der Waals surface area contributed by atoms with Crippen molar-refractivity contribution >= 4 is 35.0 Å². The van der Waals surface area contributed by atoms with Crippen LogP contribution in [-0.2, 0) is 15.1 Å². The molecule has 0 fully saturated rings. The van der Waals surface area contributed by atoms with E-state index < -0.39 is 17.5 Å². The summed E-state index contributed by atoms with van der Waals surface area (Å²) in [6, 6.07) is 14.5. The largest absolute Gasteiger partial charge is 0.508 e. The van der Waals surface area contributed by atoms with Crippen molar-refractivity contribution in [3.05, 3.63) is 89.0 Å². The van der Waals surface area contributed by atoms with Crippen LogP contribution in [0.5, 0.6) is 23.0 Å². The van der Waals surface area contributed by atoms with E-state index in [2.05, 4.69) is 16.7 Å². The van der Waals surface area contributed by atoms with Gasteiger partial charge in [-0.15, -0.1) is 0 Å². The summed E-state index contributed by atoms with van der Waals surface area (Å²) in [4.78, 5) is 29.1. The second-order valence-corrected chi connectivity index (χ2v) is 7.77. The minimum atomic E-state index is -1.37. The van der Waals surface area contributed by atoms with Gasteiger partial charge in [0.05, 0.1) is 16.4 Å². The number of esters is 2. The number of nitrogens with zero attached hydrogens (tertiary/aromatic N) is 1. The molecule has 5 rings (SSSR count). The molecule has 2 aliphatic heterocycles. The first kappa shape index (κ1) is 20.6. The lowest BCUT2D eigenvalue weighted by atomic mass is 9.77. The number of phenolic OH excluding ortho intramolecular Hbond substituents is 1. The Balaban J connectivity index is 1.78. The van der Waals surface area contributed by atoms with Crippen LogP contribution >= 0.6 is 12.2 Å². The Morgan fingerprint density at radius 1 is 1.12 bits per heavy atom. The molecule has 2 aliphatic rings. The number of aliphatic imine (C=N–C) groups is 1. The van der Waals surface area contributed by atoms with Crippen LogP contribution in [0.25, 0.3) is 0 Å². The lowest BCUT2D eigenvalue weighted by Crippen LogP contribution is -2.33. The molecule has 8 heteroatoms. The van der Waals surface area contributed by atoms with E-state index in [1.807, 2.05) is 0 Å². The zero-order chi connectivity index (χ0) is 23.3. The van der Waals surface area contributed by atoms with Crippen LogP contribution in [-0.4, -0.2) is 22.2 Å². The van der Waals surface area contributed by atoms with E-state index in [0.29, 0.717) is 28.1 Å². The summed E-state index contributed by atoms with van der Waals surface area (Å²) < 4.78 is 17.4. The van der Waals surface area contributed by atoms with Crippen LogP contribution in [0.15, 0.2) is 71.7 Å². The molecule has 0 saturated carbocycles. The van der Waals surface area contributed by atoms with Gasteiger partial charge in [-0.05, 0) is 49.5 Å². The molecule has 0 radical (unpaired) electrons. The van der Waals surface area contributed by atoms with Gasteiger partial charge >= 0.3 is 11.9 Å². The Kier molecular flexibility index (Phi) is 4.63. The first-order valence-electron chi connectivity index (χ1n) is 9.83. The van der Waals surface area contributed by atoms with E-state index in [0.717, 1.165) is 0 Å². The Morgan fingerprint density at radius 3 is 2.58 bits per heavy atom. The highest BCUT2D eigenvalue weighted by atomic mass is 32.1. The van der Waals surface area contributed by atoms with Crippen LogP contribution in [0.3, 0.4) is 0 Å². The number of phenols is 1. The first-order valence-corrected chi connectivity index (χ1v) is 10.2. The Labute approximate surface area is 193 Å². The van der Waals surface area contributed by atoms with Crippen LogP contribution in [0, 0.1) is 0 Å². The Bertz CT molecular complexity index is 1440. The van der Waals surface area contributed by atoms with Crippen LogP contribution in [0.1, 0.15) is 34.0 Å². The van der Waals surface area contributed by atoms with Crippen LogP contribution < -0.4 is 9.47 Å². The fraction of sp³-hybridized carbons (Fsp3) is 0.0800. The molecule has 0 aliphatic carbocycles. The van der Waals surface area contributed by atoms with Crippen molar-refractivity contribution in [2.24, 2.45) is 4.99 Å². The molecule has 2 heterocycles. The number of carbonyl (C=O) groups is 2. The van der Waals surface area contributed by atoms with Crippen molar-refractivity contribution in [1.29, 1.82) is 0 Å². The lowest BCUT2D eigenvalue weighted by Gasteiger charge is -2.36. The van der Waals surface area contributed by atoms with E-state index >= 15 is 0 Å². The van der Waals surface area contributed by atoms with Crippen molar-refractivity contribution in [3.63, 3.8) is 0 Å². The van der Waals surface area contributed by atoms with E-state index in [-0.39, 0.29) is 28.4 Å². The minimum absolute atomic E-state index is 0.0270. The second-order valence-electron chi connectivity index (χ2n) is 7.58. The third-order valence-electron chi connectivity index (χ3n) is 5.49. The molecule has 1 atom stereocenters. The van der Waals surface area contributed by atoms with E-state index in [9.17, 15) is 14.7 Å². The summed E-state index contributed by atoms with van der Waals surface area (Å²) in [5.74, 6) is -0.386. The molecule has 162 valence electrons. The van der Waals surface area contributed by atoms with Gasteiger partial charge < -0.3 is 19.3 Å². The highest BCUT2D eigenvalue weighted by Crippen LogP contribution is 2.58. The van der Waals surface area contributed by atoms with Crippen molar-refractivity contribution in [3.8, 4) is 23.0 Å². The lowest BCUT2D eigenvalue weighted by molar-refractivity contribution is -0.130. The fourth-order valence-electron chi connectivity index (χ4n) is 4.12. The van der Waals surface area contributed by atoms with Gasteiger partial charge in [0.25, 0.3) is 0 Å². The molecular formula is C25H15NO6S. The molecule has 0 aromatic heterocycles. The number of benzene rings is 3. The van der Waals surface area contributed by atoms with Gasteiger partial charge in [-0.1, -0.05) is 18.7 Å². The smallest absolute Gasteiger partial charge is 0.342 e. The quantitative estimate of drug-likeness (QED) is 0.190. The summed E-state index contributed by atoms with van der Waals surface area (Å²) in [6.45, 7) is 5.12. The maximum atomic E-state index is 13.1. The molecule has 7 nitrogen and oxygen atoms in total. The maximum Gasteiger partial charge on any atom is 0.342 e. The van der Waals surface area contributed by atoms with Crippen molar-refractivity contribution in [2.45, 2.75) is 12.5 Å². The normalized spacial score (nSPS) is 17.1. The standard InChI is InChI=1S/C25H15NO6S/c1-13(2)23(28)30-15-7-9-17-21(11-15)31-20-10-14(27)6-8-16(20)25(17)18-4-3-5-19(26-12-33)22(18)24(29)32-25/h3-11,27H,1H2,2H3. The number of hydrogen-bond donors (Lipinski definition) is 1. The van der Waals surface area contributed by atoms with Gasteiger partial charge in [-0.25, -0.2) is 9.59 Å². The molecule has 1 N–H and O–H groups in total. The van der Waals surface area contributed by atoms with Gasteiger partial charge in [-0.2, -0.15) is 4.99 Å². The van der Waals surface area contributed by atoms with E-state index in [1.165, 1.54) is 18.2 Å². The fourth-order valence-corrected chi connectivity index (χ4v) is 4.22. The Hall–Kier alpha value is -4.26. The summed E-state index contributed by atoms with van der Waals surface area (Å²) in [7, 11) is 0. The predicted octanol–water partition coefficient (Wildman–Crippen LogP) is 5.18. The zero-order valence-electron chi connectivity index (χ0n) is 17.2. The molecule has 3 aromatic carbocycles. The summed E-state index contributed by atoms with van der Waals surface area (Å²) in [6.07, 6.45) is 0. The third kappa shape index (κ3) is 3.04. The number of carbonyl (C=O) groups excluding carboxylic acids is 2. The van der Waals surface area contributed by atoms with Gasteiger partial charge in [0.2, 0.25) is 0 Å². The average molecular weight is 457 g/mol. The summed E-state index contributed by atoms with van der Waals surface area (Å²) >= 11 is 4.73. The van der Waals surface area contributed by atoms with Crippen molar-refractivity contribution < 1.29 is 28.9 Å². The van der Waals surface area contributed by atoms with Gasteiger partial charge in [0.1, 0.15) is 23.0 Å². The third-order valence-corrected chi connectivity index (χ3v) is 5.58. The monoisotopic (exact) mass is 457 g/mol.